The van der Waals surface area contributed by atoms with Gasteiger partial charge in [0.15, 0.2) is 0 Å². The Morgan fingerprint density at radius 1 is 1.00 bits per heavy atom. The van der Waals surface area contributed by atoms with Gasteiger partial charge in [-0.2, -0.15) is 4.31 Å². The molecule has 4 atom stereocenters. The molecule has 26 heavy (non-hydrogen) atoms. The fraction of sp³-hybridized carbons (Fsp3) is 0.400. The van der Waals surface area contributed by atoms with E-state index in [9.17, 15) is 13.5 Å². The van der Waals surface area contributed by atoms with E-state index in [-0.39, 0.29) is 11.8 Å². The molecule has 1 aliphatic heterocycles. The summed E-state index contributed by atoms with van der Waals surface area (Å²) in [5.74, 6) is 0.157. The summed E-state index contributed by atoms with van der Waals surface area (Å²) in [5.41, 5.74) is 1.69. The zero-order chi connectivity index (χ0) is 18.9. The van der Waals surface area contributed by atoms with Gasteiger partial charge in [0.2, 0.25) is 10.0 Å². The van der Waals surface area contributed by atoms with E-state index in [0.717, 1.165) is 17.2 Å². The molecule has 0 spiro atoms. The predicted octanol–water partition coefficient (Wildman–Crippen LogP) is 3.81. The molecule has 1 N–H and O–H groups in total. The summed E-state index contributed by atoms with van der Waals surface area (Å²) in [5, 5.41) is 10.9. The van der Waals surface area contributed by atoms with Crippen molar-refractivity contribution in [3.05, 3.63) is 71.8 Å². The Bertz CT molecular complexity index is 834. The third-order valence-electron chi connectivity index (χ3n) is 4.84. The molecule has 0 radical (unpaired) electrons. The van der Waals surface area contributed by atoms with Crippen molar-refractivity contribution in [2.45, 2.75) is 43.9 Å². The van der Waals surface area contributed by atoms with Gasteiger partial charge >= 0.3 is 0 Å². The van der Waals surface area contributed by atoms with Gasteiger partial charge in [0.1, 0.15) is 0 Å². The Morgan fingerprint density at radius 3 is 2.08 bits per heavy atom. The van der Waals surface area contributed by atoms with Crippen molar-refractivity contribution in [3.8, 4) is 0 Å². The minimum atomic E-state index is -3.41. The molecule has 1 fully saturated rings. The maximum Gasteiger partial charge on any atom is 0.214 e. The van der Waals surface area contributed by atoms with Crippen molar-refractivity contribution in [3.63, 3.8) is 0 Å². The van der Waals surface area contributed by atoms with Crippen molar-refractivity contribution in [2.24, 2.45) is 0 Å². The molecule has 3 rings (SSSR count). The fourth-order valence-corrected chi connectivity index (χ4v) is 8.11. The van der Waals surface area contributed by atoms with Crippen molar-refractivity contribution in [1.82, 2.24) is 4.31 Å². The van der Waals surface area contributed by atoms with Crippen LogP contribution in [-0.2, 0) is 10.0 Å². The van der Waals surface area contributed by atoms with Crippen molar-refractivity contribution in [1.29, 1.82) is 0 Å². The van der Waals surface area contributed by atoms with Gasteiger partial charge in [-0.3, -0.25) is 0 Å². The van der Waals surface area contributed by atoms with E-state index in [1.54, 1.807) is 0 Å². The topological polar surface area (TPSA) is 57.4 Å². The molecule has 0 aromatic heterocycles. The number of nitrogens with zero attached hydrogens (tertiary/aromatic N) is 1. The van der Waals surface area contributed by atoms with Crippen LogP contribution < -0.4 is 0 Å². The SMILES string of the molecule is C[Si](C)(C)CCS(=O)(=O)N1[C@@H]([C@H](O)c2ccccc2)[C@H]1c1ccccc1. The third-order valence-corrected chi connectivity index (χ3v) is 8.78. The summed E-state index contributed by atoms with van der Waals surface area (Å²) in [7, 11) is -4.88. The zero-order valence-corrected chi connectivity index (χ0v) is 17.4. The van der Waals surface area contributed by atoms with Gasteiger partial charge in [-0.25, -0.2) is 8.42 Å². The van der Waals surface area contributed by atoms with Crippen LogP contribution in [0.5, 0.6) is 0 Å². The van der Waals surface area contributed by atoms with Crippen LogP contribution in [0.15, 0.2) is 60.7 Å². The Hall–Kier alpha value is -1.47. The van der Waals surface area contributed by atoms with Gasteiger partial charge < -0.3 is 5.11 Å². The fourth-order valence-electron chi connectivity index (χ4n) is 3.28. The smallest absolute Gasteiger partial charge is 0.214 e. The van der Waals surface area contributed by atoms with Gasteiger partial charge in [-0.1, -0.05) is 80.3 Å². The first-order valence-corrected chi connectivity index (χ1v) is 14.3. The lowest BCUT2D eigenvalue weighted by Gasteiger charge is -2.16. The number of hydrogen-bond acceptors (Lipinski definition) is 3. The molecule has 0 amide bonds. The number of hydrogen-bond donors (Lipinski definition) is 1. The van der Waals surface area contributed by atoms with Crippen molar-refractivity contribution >= 4 is 18.1 Å². The summed E-state index contributed by atoms with van der Waals surface area (Å²) in [6.07, 6.45) is -0.830. The second kappa shape index (κ2) is 7.27. The molecule has 1 unspecified atom stereocenters. The van der Waals surface area contributed by atoms with Gasteiger partial charge in [0.05, 0.1) is 23.9 Å². The molecule has 6 heteroatoms. The van der Waals surface area contributed by atoms with Crippen LogP contribution in [0.4, 0.5) is 0 Å². The maximum atomic E-state index is 13.0. The Labute approximate surface area is 157 Å². The highest BCUT2D eigenvalue weighted by molar-refractivity contribution is 7.89. The minimum absolute atomic E-state index is 0.157. The monoisotopic (exact) mass is 389 g/mol. The molecule has 140 valence electrons. The normalized spacial score (nSPS) is 24.2. The lowest BCUT2D eigenvalue weighted by molar-refractivity contribution is 0.166. The standard InChI is InChI=1S/C20H27NO3SSi/c1-26(2,3)15-14-25(23,24)21-18(16-10-6-4-7-11-16)19(21)20(22)17-12-8-5-9-13-17/h4-13,18-20,22H,14-15H2,1-3H3/t18-,19-,20-,21?/m1/s1. The second-order valence-electron chi connectivity index (χ2n) is 8.16. The Balaban J connectivity index is 1.88. The largest absolute Gasteiger partial charge is 0.387 e. The molecular formula is C20H27NO3SSi. The highest BCUT2D eigenvalue weighted by Crippen LogP contribution is 2.51. The number of aliphatic hydroxyl groups excluding tert-OH is 1. The lowest BCUT2D eigenvalue weighted by Crippen LogP contribution is -2.28. The van der Waals surface area contributed by atoms with E-state index in [1.807, 2.05) is 60.7 Å². The van der Waals surface area contributed by atoms with E-state index >= 15 is 0 Å². The summed E-state index contributed by atoms with van der Waals surface area (Å²) in [4.78, 5) is 0. The van der Waals surface area contributed by atoms with Crippen LogP contribution >= 0.6 is 0 Å². The molecule has 0 saturated carbocycles. The molecule has 2 aromatic carbocycles. The van der Waals surface area contributed by atoms with E-state index in [4.69, 9.17) is 0 Å². The highest BCUT2D eigenvalue weighted by Gasteiger charge is 2.59. The van der Waals surface area contributed by atoms with Crippen molar-refractivity contribution < 1.29 is 13.5 Å². The molecular weight excluding hydrogens is 362 g/mol. The van der Waals surface area contributed by atoms with E-state index in [2.05, 4.69) is 19.6 Å². The van der Waals surface area contributed by atoms with Crippen LogP contribution in [0.3, 0.4) is 0 Å². The number of rotatable bonds is 7. The first-order valence-electron chi connectivity index (χ1n) is 9.00. The highest BCUT2D eigenvalue weighted by atomic mass is 32.2. The second-order valence-corrected chi connectivity index (χ2v) is 15.8. The van der Waals surface area contributed by atoms with Crippen LogP contribution in [0, 0.1) is 0 Å². The van der Waals surface area contributed by atoms with E-state index in [1.165, 1.54) is 4.31 Å². The van der Waals surface area contributed by atoms with E-state index < -0.39 is 30.2 Å². The minimum Gasteiger partial charge on any atom is -0.387 e. The first kappa shape index (κ1) is 19.3. The average molecular weight is 390 g/mol. The molecule has 1 saturated heterocycles. The maximum absolute atomic E-state index is 13.0. The van der Waals surface area contributed by atoms with Gasteiger partial charge in [-0.15, -0.1) is 0 Å². The molecule has 0 bridgehead atoms. The van der Waals surface area contributed by atoms with Gasteiger partial charge in [0.25, 0.3) is 0 Å². The quantitative estimate of drug-likeness (QED) is 0.579. The van der Waals surface area contributed by atoms with Gasteiger partial charge in [0, 0.05) is 8.07 Å². The van der Waals surface area contributed by atoms with Crippen LogP contribution in [-0.4, -0.2) is 37.7 Å². The molecule has 4 nitrogen and oxygen atoms in total. The molecule has 2 aromatic rings. The number of benzene rings is 2. The zero-order valence-electron chi connectivity index (χ0n) is 15.5. The Kier molecular flexibility index (Phi) is 5.39. The van der Waals surface area contributed by atoms with Crippen LogP contribution in [0.2, 0.25) is 25.7 Å². The van der Waals surface area contributed by atoms with Gasteiger partial charge in [-0.05, 0) is 17.2 Å². The summed E-state index contributed by atoms with van der Waals surface area (Å²) in [6, 6.07) is 18.9. The predicted molar refractivity (Wildman–Crippen MR) is 108 cm³/mol. The number of sulfonamides is 1. The summed E-state index contributed by atoms with van der Waals surface area (Å²) >= 11 is 0. The van der Waals surface area contributed by atoms with E-state index in [0.29, 0.717) is 0 Å². The first-order chi connectivity index (χ1) is 12.2. The summed E-state index contributed by atoms with van der Waals surface area (Å²) < 4.78 is 27.5. The molecule has 1 aliphatic rings. The molecule has 0 aliphatic carbocycles. The van der Waals surface area contributed by atoms with Crippen LogP contribution in [0.1, 0.15) is 23.3 Å². The molecule has 1 heterocycles. The number of aliphatic hydroxyl groups is 1. The van der Waals surface area contributed by atoms with Crippen molar-refractivity contribution in [2.75, 3.05) is 5.75 Å². The Morgan fingerprint density at radius 2 is 1.54 bits per heavy atom. The summed E-state index contributed by atoms with van der Waals surface area (Å²) in [6.45, 7) is 6.53. The lowest BCUT2D eigenvalue weighted by atomic mass is 10.0. The van der Waals surface area contributed by atoms with Crippen LogP contribution in [0.25, 0.3) is 0 Å². The third kappa shape index (κ3) is 4.26. The average Bonchev–Trinajstić information content (AvgIpc) is 3.37.